The predicted octanol–water partition coefficient (Wildman–Crippen LogP) is 2.70. The first kappa shape index (κ1) is 12.1. The zero-order chi connectivity index (χ0) is 12.4. The van der Waals surface area contributed by atoms with Gasteiger partial charge in [-0.1, -0.05) is 6.08 Å². The summed E-state index contributed by atoms with van der Waals surface area (Å²) in [6.07, 6.45) is 2.36. The van der Waals surface area contributed by atoms with E-state index in [-0.39, 0.29) is 11.8 Å². The van der Waals surface area contributed by atoms with E-state index < -0.39 is 0 Å². The Morgan fingerprint density at radius 2 is 2.35 bits per heavy atom. The molecule has 1 unspecified atom stereocenters. The van der Waals surface area contributed by atoms with Crippen LogP contribution in [-0.4, -0.2) is 12.5 Å². The smallest absolute Gasteiger partial charge is 0.227 e. The lowest BCUT2D eigenvalue weighted by Crippen LogP contribution is -2.25. The van der Waals surface area contributed by atoms with Crippen molar-refractivity contribution < 1.29 is 4.79 Å². The van der Waals surface area contributed by atoms with Gasteiger partial charge in [0.25, 0.3) is 0 Å². The molecule has 0 saturated carbocycles. The molecule has 2 rings (SSSR count). The molecule has 0 spiro atoms. The van der Waals surface area contributed by atoms with Gasteiger partial charge < -0.3 is 4.90 Å². The molecule has 1 heterocycles. The van der Waals surface area contributed by atoms with Crippen LogP contribution < -0.4 is 4.90 Å². The van der Waals surface area contributed by atoms with Crippen molar-refractivity contribution in [2.24, 2.45) is 5.92 Å². The van der Waals surface area contributed by atoms with Gasteiger partial charge in [0.1, 0.15) is 0 Å². The highest BCUT2D eigenvalue weighted by molar-refractivity contribution is 14.1. The number of rotatable bonds is 2. The normalized spacial score (nSPS) is 19.2. The first-order valence-corrected chi connectivity index (χ1v) is 6.36. The van der Waals surface area contributed by atoms with Crippen molar-refractivity contribution in [1.82, 2.24) is 0 Å². The number of nitrogens with zero attached hydrogens (tertiary/aromatic N) is 2. The highest BCUT2D eigenvalue weighted by atomic mass is 127. The fourth-order valence-electron chi connectivity index (χ4n) is 1.92. The molecule has 1 amide bonds. The third-order valence-corrected chi connectivity index (χ3v) is 3.72. The number of benzene rings is 1. The molecule has 0 aliphatic carbocycles. The van der Waals surface area contributed by atoms with Crippen LogP contribution in [0, 0.1) is 20.8 Å². The van der Waals surface area contributed by atoms with Gasteiger partial charge in [-0.25, -0.2) is 0 Å². The zero-order valence-corrected chi connectivity index (χ0v) is 11.3. The lowest BCUT2D eigenvalue weighted by atomic mass is 10.1. The molecule has 0 radical (unpaired) electrons. The predicted molar refractivity (Wildman–Crippen MR) is 74.5 cm³/mol. The van der Waals surface area contributed by atoms with E-state index >= 15 is 0 Å². The monoisotopic (exact) mass is 338 g/mol. The second-order valence-corrected chi connectivity index (χ2v) is 5.14. The van der Waals surface area contributed by atoms with Gasteiger partial charge in [0.05, 0.1) is 17.3 Å². The Kier molecular flexibility index (Phi) is 3.48. The van der Waals surface area contributed by atoms with Crippen molar-refractivity contribution in [3.05, 3.63) is 40.0 Å². The Morgan fingerprint density at radius 3 is 2.88 bits per heavy atom. The molecule has 1 aromatic carbocycles. The second kappa shape index (κ2) is 4.88. The highest BCUT2D eigenvalue weighted by Crippen LogP contribution is 2.29. The number of anilines is 1. The van der Waals surface area contributed by atoms with E-state index in [2.05, 4.69) is 35.2 Å². The molecule has 86 valence electrons. The maximum Gasteiger partial charge on any atom is 0.227 e. The van der Waals surface area contributed by atoms with E-state index in [0.29, 0.717) is 18.5 Å². The molecule has 3 nitrogen and oxygen atoms in total. The van der Waals surface area contributed by atoms with Crippen molar-refractivity contribution in [1.29, 1.82) is 5.26 Å². The Balaban J connectivity index is 2.32. The number of carbonyl (C=O) groups excluding carboxylic acids is 1. The van der Waals surface area contributed by atoms with E-state index in [1.807, 2.05) is 12.1 Å². The molecule has 1 saturated heterocycles. The van der Waals surface area contributed by atoms with E-state index in [4.69, 9.17) is 5.26 Å². The molecule has 1 aliphatic heterocycles. The Hall–Kier alpha value is -1.35. The third-order valence-electron chi connectivity index (χ3n) is 2.86. The van der Waals surface area contributed by atoms with E-state index in [9.17, 15) is 4.79 Å². The standard InChI is InChI=1S/C13H11IN2O/c1-2-9-6-13(17)16(8-9)12-4-3-10(7-15)5-11(12)14/h2-5,9H,1,6,8H2. The van der Waals surface area contributed by atoms with Crippen LogP contribution in [0.5, 0.6) is 0 Å². The van der Waals surface area contributed by atoms with Crippen molar-refractivity contribution in [3.63, 3.8) is 0 Å². The van der Waals surface area contributed by atoms with Crippen LogP contribution in [-0.2, 0) is 4.79 Å². The summed E-state index contributed by atoms with van der Waals surface area (Å²) < 4.78 is 0.930. The van der Waals surface area contributed by atoms with Gasteiger partial charge in [0, 0.05) is 22.5 Å². The van der Waals surface area contributed by atoms with Gasteiger partial charge in [-0.3, -0.25) is 4.79 Å². The van der Waals surface area contributed by atoms with Gasteiger partial charge in [-0.15, -0.1) is 6.58 Å². The molecular weight excluding hydrogens is 327 g/mol. The summed E-state index contributed by atoms with van der Waals surface area (Å²) in [4.78, 5) is 13.6. The van der Waals surface area contributed by atoms with Crippen molar-refractivity contribution in [2.75, 3.05) is 11.4 Å². The molecule has 17 heavy (non-hydrogen) atoms. The summed E-state index contributed by atoms with van der Waals surface area (Å²) in [5.74, 6) is 0.353. The van der Waals surface area contributed by atoms with Gasteiger partial charge in [-0.05, 0) is 40.8 Å². The number of halogens is 1. The summed E-state index contributed by atoms with van der Waals surface area (Å²) in [5.41, 5.74) is 1.50. The first-order chi connectivity index (χ1) is 8.15. The lowest BCUT2D eigenvalue weighted by molar-refractivity contribution is -0.117. The maximum atomic E-state index is 11.9. The first-order valence-electron chi connectivity index (χ1n) is 5.28. The van der Waals surface area contributed by atoms with Crippen LogP contribution in [0.15, 0.2) is 30.9 Å². The van der Waals surface area contributed by atoms with Crippen LogP contribution in [0.2, 0.25) is 0 Å². The minimum absolute atomic E-state index is 0.123. The molecule has 0 N–H and O–H groups in total. The lowest BCUT2D eigenvalue weighted by Gasteiger charge is -2.18. The number of hydrogen-bond acceptors (Lipinski definition) is 2. The highest BCUT2D eigenvalue weighted by Gasteiger charge is 2.29. The van der Waals surface area contributed by atoms with Gasteiger partial charge >= 0.3 is 0 Å². The fourth-order valence-corrected chi connectivity index (χ4v) is 2.73. The Morgan fingerprint density at radius 1 is 1.59 bits per heavy atom. The van der Waals surface area contributed by atoms with Crippen LogP contribution >= 0.6 is 22.6 Å². The van der Waals surface area contributed by atoms with E-state index in [1.54, 1.807) is 17.0 Å². The summed E-state index contributed by atoms with van der Waals surface area (Å²) in [6, 6.07) is 7.47. The minimum atomic E-state index is 0.123. The molecule has 0 bridgehead atoms. The Labute approximate surface area is 114 Å². The number of nitriles is 1. The van der Waals surface area contributed by atoms with Crippen LogP contribution in [0.4, 0.5) is 5.69 Å². The summed E-state index contributed by atoms with van der Waals surface area (Å²) in [7, 11) is 0. The molecular formula is C13H11IN2O. The van der Waals surface area contributed by atoms with Crippen molar-refractivity contribution in [3.8, 4) is 6.07 Å². The zero-order valence-electron chi connectivity index (χ0n) is 9.19. The number of carbonyl (C=O) groups is 1. The molecule has 4 heteroatoms. The van der Waals surface area contributed by atoms with Gasteiger partial charge in [0.15, 0.2) is 0 Å². The topological polar surface area (TPSA) is 44.1 Å². The largest absolute Gasteiger partial charge is 0.311 e. The average Bonchev–Trinajstić information content (AvgIpc) is 2.70. The SMILES string of the molecule is C=CC1CC(=O)N(c2ccc(C#N)cc2I)C1. The summed E-state index contributed by atoms with van der Waals surface area (Å²) >= 11 is 2.16. The Bertz CT molecular complexity index is 519. The van der Waals surface area contributed by atoms with Crippen LogP contribution in [0.3, 0.4) is 0 Å². The molecule has 1 aliphatic rings. The fraction of sp³-hybridized carbons (Fsp3) is 0.231. The number of hydrogen-bond donors (Lipinski definition) is 0. The quantitative estimate of drug-likeness (QED) is 0.615. The van der Waals surface area contributed by atoms with Gasteiger partial charge in [-0.2, -0.15) is 5.26 Å². The second-order valence-electron chi connectivity index (χ2n) is 3.98. The average molecular weight is 338 g/mol. The minimum Gasteiger partial charge on any atom is -0.311 e. The third kappa shape index (κ3) is 2.34. The molecule has 1 aromatic rings. The molecule has 0 aromatic heterocycles. The van der Waals surface area contributed by atoms with Crippen LogP contribution in [0.25, 0.3) is 0 Å². The van der Waals surface area contributed by atoms with Crippen molar-refractivity contribution >= 4 is 34.2 Å². The number of amides is 1. The van der Waals surface area contributed by atoms with Crippen molar-refractivity contribution in [2.45, 2.75) is 6.42 Å². The van der Waals surface area contributed by atoms with Crippen LogP contribution in [0.1, 0.15) is 12.0 Å². The van der Waals surface area contributed by atoms with E-state index in [1.165, 1.54) is 0 Å². The molecule has 1 atom stereocenters. The maximum absolute atomic E-state index is 11.9. The van der Waals surface area contributed by atoms with Gasteiger partial charge in [0.2, 0.25) is 5.91 Å². The summed E-state index contributed by atoms with van der Waals surface area (Å²) in [5, 5.41) is 8.80. The van der Waals surface area contributed by atoms with E-state index in [0.717, 1.165) is 9.26 Å². The molecule has 1 fully saturated rings. The summed E-state index contributed by atoms with van der Waals surface area (Å²) in [6.45, 7) is 4.42.